The molecule has 5 rings (SSSR count). The number of nitrogens with zero attached hydrogens (tertiary/aromatic N) is 2. The fourth-order valence-electron chi connectivity index (χ4n) is 4.26. The summed E-state index contributed by atoms with van der Waals surface area (Å²) < 4.78 is 28.7. The maximum absolute atomic E-state index is 14.5. The first-order chi connectivity index (χ1) is 16.6. The van der Waals surface area contributed by atoms with Crippen LogP contribution >= 0.6 is 0 Å². The van der Waals surface area contributed by atoms with Gasteiger partial charge in [0.15, 0.2) is 6.10 Å². The van der Waals surface area contributed by atoms with Crippen LogP contribution in [0.3, 0.4) is 0 Å². The van der Waals surface area contributed by atoms with E-state index in [0.717, 1.165) is 10.8 Å². The summed E-state index contributed by atoms with van der Waals surface area (Å²) in [6.07, 6.45) is -0.127. The van der Waals surface area contributed by atoms with Gasteiger partial charge in [0, 0.05) is 29.7 Å². The Labute approximate surface area is 196 Å². The molecule has 0 spiro atoms. The van der Waals surface area contributed by atoms with E-state index in [1.807, 2.05) is 36.4 Å². The van der Waals surface area contributed by atoms with E-state index in [-0.39, 0.29) is 30.6 Å². The number of rotatable bonds is 6. The summed E-state index contributed by atoms with van der Waals surface area (Å²) in [6, 6.07) is 26.0. The summed E-state index contributed by atoms with van der Waals surface area (Å²) in [5.41, 5.74) is 1.81. The first kappa shape index (κ1) is 21.8. The lowest BCUT2D eigenvalue weighted by molar-refractivity contribution is 0.0404. The smallest absolute Gasteiger partial charge is 0.254 e. The molecule has 1 heterocycles. The van der Waals surface area contributed by atoms with Crippen LogP contribution in [0, 0.1) is 11.6 Å². The summed E-state index contributed by atoms with van der Waals surface area (Å²) >= 11 is 0. The molecule has 0 fully saturated rings. The molecule has 0 radical (unpaired) electrons. The molecule has 0 saturated heterocycles. The highest BCUT2D eigenvalue weighted by molar-refractivity contribution is 6.07. The Morgan fingerprint density at radius 2 is 1.59 bits per heavy atom. The van der Waals surface area contributed by atoms with Crippen LogP contribution in [0.25, 0.3) is 10.8 Å². The van der Waals surface area contributed by atoms with Gasteiger partial charge in [0.05, 0.1) is 12.3 Å². The van der Waals surface area contributed by atoms with Gasteiger partial charge < -0.3 is 9.74 Å². The highest BCUT2D eigenvalue weighted by Crippen LogP contribution is 2.24. The molecule has 1 amide bonds. The highest BCUT2D eigenvalue weighted by Gasteiger charge is 2.29. The second kappa shape index (κ2) is 9.43. The standard InChI is InChI=1S/C28H22F2N2O2/c29-25-14-5-2-9-20(25)17-32(28(33)23-13-7-10-19-8-1-3-11-22(19)23)18-21-16-27(31-34-21)24-12-4-6-15-26(24)30/h1-15,21H,16-18H2. The Bertz CT molecular complexity index is 1380. The average molecular weight is 456 g/mol. The van der Waals surface area contributed by atoms with Crippen molar-refractivity contribution in [1.82, 2.24) is 4.90 Å². The molecule has 0 N–H and O–H groups in total. The number of hydrogen-bond donors (Lipinski definition) is 0. The Morgan fingerprint density at radius 3 is 2.41 bits per heavy atom. The van der Waals surface area contributed by atoms with Gasteiger partial charge in [-0.3, -0.25) is 4.79 Å². The number of halogens is 2. The molecule has 0 saturated carbocycles. The maximum atomic E-state index is 14.5. The normalized spacial score (nSPS) is 15.1. The van der Waals surface area contributed by atoms with Crippen molar-refractivity contribution in [1.29, 1.82) is 0 Å². The molecule has 1 aliphatic heterocycles. The largest absolute Gasteiger partial charge is 0.390 e. The van der Waals surface area contributed by atoms with Crippen LogP contribution in [0.4, 0.5) is 8.78 Å². The molecule has 6 heteroatoms. The fourth-order valence-corrected chi connectivity index (χ4v) is 4.26. The fraction of sp³-hybridized carbons (Fsp3) is 0.143. The number of amides is 1. The molecule has 0 aromatic heterocycles. The molecule has 1 aliphatic rings. The zero-order valence-corrected chi connectivity index (χ0v) is 18.3. The van der Waals surface area contributed by atoms with Crippen molar-refractivity contribution in [2.24, 2.45) is 5.16 Å². The van der Waals surface area contributed by atoms with Crippen molar-refractivity contribution in [3.8, 4) is 0 Å². The van der Waals surface area contributed by atoms with Crippen LogP contribution in [0.2, 0.25) is 0 Å². The van der Waals surface area contributed by atoms with E-state index >= 15 is 0 Å². The van der Waals surface area contributed by atoms with Crippen molar-refractivity contribution in [3.05, 3.63) is 119 Å². The van der Waals surface area contributed by atoms with Gasteiger partial charge in [-0.1, -0.05) is 78.0 Å². The SMILES string of the molecule is O=C(c1cccc2ccccc12)N(Cc1ccccc1F)CC1CC(c2ccccc2F)=NO1. The topological polar surface area (TPSA) is 41.9 Å². The van der Waals surface area contributed by atoms with Crippen molar-refractivity contribution in [2.75, 3.05) is 6.54 Å². The summed E-state index contributed by atoms with van der Waals surface area (Å²) in [5.74, 6) is -0.989. The lowest BCUT2D eigenvalue weighted by atomic mass is 10.0. The van der Waals surface area contributed by atoms with Crippen LogP contribution in [-0.4, -0.2) is 29.2 Å². The van der Waals surface area contributed by atoms with Gasteiger partial charge in [0.25, 0.3) is 5.91 Å². The molecular formula is C28H22F2N2O2. The summed E-state index contributed by atoms with van der Waals surface area (Å²) in [5, 5.41) is 5.84. The minimum Gasteiger partial charge on any atom is -0.390 e. The lowest BCUT2D eigenvalue weighted by Gasteiger charge is -2.26. The third-order valence-corrected chi connectivity index (χ3v) is 5.97. The quantitative estimate of drug-likeness (QED) is 0.360. The number of hydrogen-bond acceptors (Lipinski definition) is 3. The Hall–Kier alpha value is -4.06. The van der Waals surface area contributed by atoms with Crippen molar-refractivity contribution in [3.63, 3.8) is 0 Å². The maximum Gasteiger partial charge on any atom is 0.254 e. The van der Waals surface area contributed by atoms with E-state index in [1.54, 1.807) is 47.4 Å². The van der Waals surface area contributed by atoms with Gasteiger partial charge in [-0.25, -0.2) is 8.78 Å². The summed E-state index contributed by atoms with van der Waals surface area (Å²) in [4.78, 5) is 20.9. The molecule has 1 atom stereocenters. The zero-order valence-electron chi connectivity index (χ0n) is 18.3. The van der Waals surface area contributed by atoms with E-state index in [4.69, 9.17) is 4.84 Å². The predicted molar refractivity (Wildman–Crippen MR) is 128 cm³/mol. The predicted octanol–water partition coefficient (Wildman–Crippen LogP) is 5.95. The summed E-state index contributed by atoms with van der Waals surface area (Å²) in [6.45, 7) is 0.251. The summed E-state index contributed by atoms with van der Waals surface area (Å²) in [7, 11) is 0. The second-order valence-corrected chi connectivity index (χ2v) is 8.25. The number of oxime groups is 1. The van der Waals surface area contributed by atoms with Gasteiger partial charge in [0.2, 0.25) is 0 Å². The second-order valence-electron chi connectivity index (χ2n) is 8.25. The Kier molecular flexibility index (Phi) is 6.04. The van der Waals surface area contributed by atoms with Gasteiger partial charge in [0.1, 0.15) is 11.6 Å². The molecule has 170 valence electrons. The van der Waals surface area contributed by atoms with E-state index in [0.29, 0.717) is 28.8 Å². The average Bonchev–Trinajstić information content (AvgIpc) is 3.32. The monoisotopic (exact) mass is 456 g/mol. The third kappa shape index (κ3) is 4.39. The highest BCUT2D eigenvalue weighted by atomic mass is 19.1. The van der Waals surface area contributed by atoms with Gasteiger partial charge >= 0.3 is 0 Å². The van der Waals surface area contributed by atoms with E-state index in [9.17, 15) is 13.6 Å². The first-order valence-corrected chi connectivity index (χ1v) is 11.1. The minimum absolute atomic E-state index is 0.0730. The minimum atomic E-state index is -0.472. The van der Waals surface area contributed by atoms with Gasteiger partial charge in [-0.15, -0.1) is 0 Å². The van der Waals surface area contributed by atoms with Crippen LogP contribution < -0.4 is 0 Å². The Balaban J connectivity index is 1.43. The molecule has 34 heavy (non-hydrogen) atoms. The van der Waals surface area contributed by atoms with Crippen molar-refractivity contribution < 1.29 is 18.4 Å². The van der Waals surface area contributed by atoms with E-state index in [1.165, 1.54) is 12.1 Å². The lowest BCUT2D eigenvalue weighted by Crippen LogP contribution is -2.37. The number of benzene rings is 4. The molecule has 4 nitrogen and oxygen atoms in total. The first-order valence-electron chi connectivity index (χ1n) is 11.1. The molecule has 4 aromatic carbocycles. The van der Waals surface area contributed by atoms with E-state index < -0.39 is 6.10 Å². The molecule has 4 aromatic rings. The van der Waals surface area contributed by atoms with Crippen LogP contribution in [0.1, 0.15) is 27.9 Å². The Morgan fingerprint density at radius 1 is 0.882 bits per heavy atom. The number of carbonyl (C=O) groups excluding carboxylic acids is 1. The van der Waals surface area contributed by atoms with Crippen LogP contribution in [-0.2, 0) is 11.4 Å². The molecule has 0 bridgehead atoms. The number of fused-ring (bicyclic) bond motifs is 1. The van der Waals surface area contributed by atoms with Crippen molar-refractivity contribution >= 4 is 22.4 Å². The molecular weight excluding hydrogens is 434 g/mol. The zero-order chi connectivity index (χ0) is 23.5. The molecule has 0 aliphatic carbocycles. The molecule has 1 unspecified atom stereocenters. The van der Waals surface area contributed by atoms with Crippen LogP contribution in [0.5, 0.6) is 0 Å². The van der Waals surface area contributed by atoms with E-state index in [2.05, 4.69) is 5.16 Å². The van der Waals surface area contributed by atoms with Crippen LogP contribution in [0.15, 0.2) is 96.2 Å². The number of carbonyl (C=O) groups is 1. The van der Waals surface area contributed by atoms with Crippen molar-refractivity contribution in [2.45, 2.75) is 19.1 Å². The third-order valence-electron chi connectivity index (χ3n) is 5.97. The van der Waals surface area contributed by atoms with Gasteiger partial charge in [-0.2, -0.15) is 0 Å². The van der Waals surface area contributed by atoms with Gasteiger partial charge in [-0.05, 0) is 29.0 Å².